The highest BCUT2D eigenvalue weighted by Crippen LogP contribution is 2.54. The van der Waals surface area contributed by atoms with Crippen LogP contribution in [0.15, 0.2) is 50.6 Å². The predicted octanol–water partition coefficient (Wildman–Crippen LogP) is -4.27. The van der Waals surface area contributed by atoms with Gasteiger partial charge in [-0.1, -0.05) is 0 Å². The number of imidazole rings is 4. The van der Waals surface area contributed by atoms with E-state index in [0.29, 0.717) is 0 Å². The number of nitrogens with two attached hydrogens (primary N) is 4. The second-order valence-electron chi connectivity index (χ2n) is 20.2. The Kier molecular flexibility index (Phi) is 17.3. The Morgan fingerprint density at radius 1 is 0.400 bits per heavy atom. The third kappa shape index (κ3) is 12.5. The molecule has 3 unspecified atom stereocenters. The van der Waals surface area contributed by atoms with E-state index < -0.39 is 162 Å². The number of phosphoric ester groups is 3. The van der Waals surface area contributed by atoms with E-state index in [1.165, 1.54) is 15.5 Å². The molecule has 0 spiro atoms. The van der Waals surface area contributed by atoms with Gasteiger partial charge in [-0.3, -0.25) is 45.5 Å². The molecule has 0 aliphatic carbocycles. The van der Waals surface area contributed by atoms with Gasteiger partial charge in [0, 0.05) is 0 Å². The van der Waals surface area contributed by atoms with Crippen LogP contribution < -0.4 is 22.9 Å². The van der Waals surface area contributed by atoms with Gasteiger partial charge in [0.2, 0.25) is 0 Å². The van der Waals surface area contributed by atoms with Crippen LogP contribution in [0.4, 0.5) is 23.3 Å². The first-order valence-electron chi connectivity index (χ1n) is 26.0. The minimum Gasteiger partial charge on any atom is -0.387 e. The molecule has 486 valence electrons. The zero-order valence-corrected chi connectivity index (χ0v) is 48.8. The fraction of sp³-hybridized carbons (Fsp3) is 0.512. The SMILES string of the molecule is Nc1ncnc2c1ncn2[C@@H]1O[C@H](COP(=O)(O)O[C@@H]2[C@H](O)[C@@H](COP(=O)(O)O[C@@H]3[C@H](O)[C@@H](COP(=O)(O)CO[C@H]4[C@H](O)[C@@H](COP(=O)(O)O)O[C@H]4n4cnc5c(N)ncnc54)O[C@H]3n3cnc4c(N)ncnc43)O[C@H]2n2cnc3c(N)ncnc32)[C@@H](O)[C@H]1O. The number of aliphatic hydroxyl groups is 5. The normalized spacial score (nSPS) is 31.1. The van der Waals surface area contributed by atoms with Crippen molar-refractivity contribution in [1.29, 1.82) is 0 Å². The number of nitrogens with zero attached hydrogens (tertiary/aromatic N) is 16. The van der Waals surface area contributed by atoms with Gasteiger partial charge in [-0.25, -0.2) is 73.5 Å². The lowest BCUT2D eigenvalue weighted by atomic mass is 10.1. The highest BCUT2D eigenvalue weighted by molar-refractivity contribution is 7.52. The number of fused-ring (bicyclic) bond motifs is 4. The van der Waals surface area contributed by atoms with E-state index in [1.54, 1.807) is 0 Å². The average Bonchev–Trinajstić information content (AvgIpc) is 1.68. The number of ether oxygens (including phenoxy) is 5. The molecule has 0 bridgehead atoms. The number of aromatic nitrogens is 16. The van der Waals surface area contributed by atoms with Gasteiger partial charge in [-0.05, 0) is 0 Å². The van der Waals surface area contributed by atoms with Crippen LogP contribution in [0.25, 0.3) is 44.7 Å². The molecular formula is C41H52N20O25P4. The molecule has 8 aromatic rings. The van der Waals surface area contributed by atoms with Crippen molar-refractivity contribution in [3.63, 3.8) is 0 Å². The average molecular weight is 1350 g/mol. The summed E-state index contributed by atoms with van der Waals surface area (Å²) in [5.74, 6) is -0.317. The first-order chi connectivity index (χ1) is 42.7. The summed E-state index contributed by atoms with van der Waals surface area (Å²) in [6, 6.07) is 0. The van der Waals surface area contributed by atoms with Crippen LogP contribution in [-0.4, -0.2) is 234 Å². The maximum absolute atomic E-state index is 14.1. The number of hydrogen-bond acceptors (Lipinski definition) is 36. The minimum absolute atomic E-state index is 0.00320. The van der Waals surface area contributed by atoms with Gasteiger partial charge in [0.25, 0.3) is 0 Å². The molecule has 4 fully saturated rings. The summed E-state index contributed by atoms with van der Waals surface area (Å²) in [5.41, 5.74) is 24.0. The standard InChI is InChI=1S/C41H52N20O25P4/c42-30-18-34(50-5-46-30)58(9-54-18)38-26(66)22(62)14(81-38)3-79-89(72,73)86-29-25(65)17(84-41(29)61-12-57-21-33(45)49-8-53-37(21)61)4-80-90(74,75)85-28-24(64)15(83-40(28)60-11-56-20-32(44)48-7-52-36(20)60)1-77-87(67,68)13-76-27-23(63)16(2-78-88(69,70)71)82-39(27)59-10-55-19-31(43)47-6-51-35(19)59/h5-12,14-17,22-29,38-41,62-66H,1-4,13H2,(H,67,68)(H,72,73)(H,74,75)(H2,42,46,50)(H2,43,47,51)(H2,44,48,52)(H2,45,49,53)(H2,69,70,71)/t14-,15-,16-,17-,22-,23-,24-,25-,26-,27+,28-,29-,38-,39-,40-,41-/m1/s1. The maximum Gasteiger partial charge on any atom is 0.472 e. The van der Waals surface area contributed by atoms with Crippen LogP contribution in [0, 0.1) is 0 Å². The summed E-state index contributed by atoms with van der Waals surface area (Å²) in [6.45, 7) is -3.95. The van der Waals surface area contributed by atoms with Crippen molar-refractivity contribution in [2.75, 3.05) is 55.7 Å². The van der Waals surface area contributed by atoms with E-state index in [-0.39, 0.29) is 67.9 Å². The fourth-order valence-electron chi connectivity index (χ4n) is 10.3. The lowest BCUT2D eigenvalue weighted by Gasteiger charge is -2.25. The maximum atomic E-state index is 14.1. The van der Waals surface area contributed by atoms with Crippen molar-refractivity contribution in [2.45, 2.75) is 98.2 Å². The van der Waals surface area contributed by atoms with Crippen LogP contribution in [0.5, 0.6) is 0 Å². The third-order valence-electron chi connectivity index (χ3n) is 14.5. The molecule has 45 nitrogen and oxygen atoms in total. The Balaban J connectivity index is 0.736. The highest BCUT2D eigenvalue weighted by Gasteiger charge is 2.55. The Morgan fingerprint density at radius 3 is 1.09 bits per heavy atom. The summed E-state index contributed by atoms with van der Waals surface area (Å²) in [4.78, 5) is 101. The van der Waals surface area contributed by atoms with Gasteiger partial charge in [-0.15, -0.1) is 0 Å². The van der Waals surface area contributed by atoms with Crippen molar-refractivity contribution in [3.8, 4) is 0 Å². The van der Waals surface area contributed by atoms with E-state index >= 15 is 0 Å². The first-order valence-corrected chi connectivity index (χ1v) is 32.3. The summed E-state index contributed by atoms with van der Waals surface area (Å²) in [7, 11) is -21.2. The zero-order valence-electron chi connectivity index (χ0n) is 45.2. The predicted molar refractivity (Wildman–Crippen MR) is 289 cm³/mol. The summed E-state index contributed by atoms with van der Waals surface area (Å²) < 4.78 is 119. The molecule has 4 aliphatic heterocycles. The second kappa shape index (κ2) is 24.5. The number of aliphatic hydroxyl groups excluding tert-OH is 5. The molecule has 90 heavy (non-hydrogen) atoms. The summed E-state index contributed by atoms with van der Waals surface area (Å²) in [5, 5.41) is 56.8. The van der Waals surface area contributed by atoms with Crippen molar-refractivity contribution in [2.24, 2.45) is 0 Å². The number of phosphoric acid groups is 3. The smallest absolute Gasteiger partial charge is 0.387 e. The van der Waals surface area contributed by atoms with Crippen molar-refractivity contribution in [1.82, 2.24) is 78.1 Å². The number of rotatable bonds is 23. The molecule has 0 saturated carbocycles. The second-order valence-corrected chi connectivity index (χ2v) is 26.0. The molecule has 19 atom stereocenters. The molecule has 8 aromatic heterocycles. The largest absolute Gasteiger partial charge is 0.472 e. The Labute approximate surface area is 499 Å². The van der Waals surface area contributed by atoms with Gasteiger partial charge in [0.05, 0.1) is 51.7 Å². The van der Waals surface area contributed by atoms with E-state index in [9.17, 15) is 68.3 Å². The molecular weight excluding hydrogens is 1300 g/mol. The molecule has 12 heterocycles. The van der Waals surface area contributed by atoms with Crippen molar-refractivity contribution in [3.05, 3.63) is 50.6 Å². The van der Waals surface area contributed by atoms with Crippen LogP contribution in [0.3, 0.4) is 0 Å². The lowest BCUT2D eigenvalue weighted by molar-refractivity contribution is -0.0667. The van der Waals surface area contributed by atoms with E-state index in [1.807, 2.05) is 0 Å². The molecule has 0 aromatic carbocycles. The first kappa shape index (κ1) is 63.6. The molecule has 18 N–H and O–H groups in total. The highest BCUT2D eigenvalue weighted by atomic mass is 31.2. The molecule has 0 radical (unpaired) electrons. The Bertz CT molecular complexity index is 4170. The van der Waals surface area contributed by atoms with E-state index in [0.717, 1.165) is 53.4 Å². The molecule has 4 aliphatic rings. The van der Waals surface area contributed by atoms with Gasteiger partial charge in [0.1, 0.15) is 127 Å². The molecule has 4 saturated heterocycles. The monoisotopic (exact) mass is 1350 g/mol. The number of hydrogen-bond donors (Lipinski definition) is 14. The zero-order chi connectivity index (χ0) is 63.9. The van der Waals surface area contributed by atoms with Crippen LogP contribution >= 0.6 is 31.1 Å². The molecule has 0 amide bonds. The van der Waals surface area contributed by atoms with Crippen molar-refractivity contribution >= 4 is 99.0 Å². The van der Waals surface area contributed by atoms with Crippen LogP contribution in [0.1, 0.15) is 24.9 Å². The number of anilines is 4. The Morgan fingerprint density at radius 2 is 0.711 bits per heavy atom. The molecule has 12 rings (SSSR count). The summed E-state index contributed by atoms with van der Waals surface area (Å²) in [6.07, 6.45) is -20.4. The van der Waals surface area contributed by atoms with E-state index in [4.69, 9.17) is 69.2 Å². The van der Waals surface area contributed by atoms with Crippen LogP contribution in [-0.2, 0) is 69.1 Å². The number of nitrogen functional groups attached to an aromatic ring is 4. The van der Waals surface area contributed by atoms with Crippen LogP contribution in [0.2, 0.25) is 0 Å². The molecule has 49 heteroatoms. The van der Waals surface area contributed by atoms with Gasteiger partial charge in [-0.2, -0.15) is 0 Å². The topological polar surface area (TPSA) is 651 Å². The fourth-order valence-corrected chi connectivity index (χ4v) is 13.3. The minimum atomic E-state index is -5.60. The Hall–Kier alpha value is -6.52. The quantitative estimate of drug-likeness (QED) is 0.0270. The van der Waals surface area contributed by atoms with Gasteiger partial charge in [0.15, 0.2) is 70.8 Å². The van der Waals surface area contributed by atoms with Gasteiger partial charge < -0.3 is 101 Å². The lowest BCUT2D eigenvalue weighted by Crippen LogP contribution is -2.37. The summed E-state index contributed by atoms with van der Waals surface area (Å²) >= 11 is 0. The van der Waals surface area contributed by atoms with Gasteiger partial charge >= 0.3 is 31.1 Å². The third-order valence-corrected chi connectivity index (χ3v) is 18.0. The van der Waals surface area contributed by atoms with E-state index in [2.05, 4.69) is 64.3 Å². The van der Waals surface area contributed by atoms with Crippen molar-refractivity contribution < 1.29 is 119 Å².